The van der Waals surface area contributed by atoms with Gasteiger partial charge in [-0.15, -0.1) is 0 Å². The minimum Gasteiger partial charge on any atom is -0.378 e. The second-order valence-corrected chi connectivity index (χ2v) is 9.73. The van der Waals surface area contributed by atoms with Crippen molar-refractivity contribution in [2.24, 2.45) is 0 Å². The summed E-state index contributed by atoms with van der Waals surface area (Å²) in [6.07, 6.45) is 2.53. The number of aryl methyl sites for hydroxylation is 2. The Bertz CT molecular complexity index is 1140. The van der Waals surface area contributed by atoms with E-state index in [4.69, 9.17) is 14.2 Å². The van der Waals surface area contributed by atoms with Crippen LogP contribution in [0.2, 0.25) is 0 Å². The minimum absolute atomic E-state index is 0.00310. The van der Waals surface area contributed by atoms with Crippen LogP contribution in [0, 0.1) is 6.92 Å². The Hall–Kier alpha value is -3.19. The molecule has 2 amide bonds. The van der Waals surface area contributed by atoms with E-state index in [2.05, 4.69) is 67.5 Å². The van der Waals surface area contributed by atoms with Gasteiger partial charge in [-0.1, -0.05) is 66.2 Å². The first-order valence-electron chi connectivity index (χ1n) is 12.7. The number of carbonyl (C=O) groups excluding carboxylic acids is 1. The fraction of sp³-hybridized carbons (Fsp3) is 0.464. The molecular formula is C28H34N4O3. The molecule has 3 heterocycles. The van der Waals surface area contributed by atoms with Crippen LogP contribution in [0.5, 0.6) is 0 Å². The maximum atomic E-state index is 13.4. The van der Waals surface area contributed by atoms with Crippen LogP contribution >= 0.6 is 0 Å². The van der Waals surface area contributed by atoms with Gasteiger partial charge < -0.3 is 19.1 Å². The molecule has 3 aromatic rings. The standard InChI is InChI=1S/C28H34N4O3/c1-3-21-7-9-23(10-8-21)24-17-25(19-32(18-24)28(33)31-11-13-34-14-12-31)27-29-26(30-35-27)16-22-6-4-5-20(2)15-22/h4-10,15,24-25H,3,11-14,16-19H2,1-2H3. The third-order valence-electron chi connectivity index (χ3n) is 7.14. The first-order chi connectivity index (χ1) is 17.1. The number of hydrogen-bond acceptors (Lipinski definition) is 5. The average Bonchev–Trinajstić information content (AvgIpc) is 3.37. The zero-order chi connectivity index (χ0) is 24.2. The molecule has 2 fully saturated rings. The molecule has 0 saturated carbocycles. The summed E-state index contributed by atoms with van der Waals surface area (Å²) in [6.45, 7) is 7.99. The number of ether oxygens (including phenoxy) is 1. The molecule has 0 bridgehead atoms. The van der Waals surface area contributed by atoms with Crippen molar-refractivity contribution in [3.8, 4) is 0 Å². The Balaban J connectivity index is 1.37. The number of nitrogens with zero attached hydrogens (tertiary/aromatic N) is 4. The highest BCUT2D eigenvalue weighted by Gasteiger charge is 2.36. The number of aromatic nitrogens is 2. The van der Waals surface area contributed by atoms with Gasteiger partial charge in [-0.2, -0.15) is 4.98 Å². The van der Waals surface area contributed by atoms with Crippen LogP contribution in [-0.2, 0) is 17.6 Å². The summed E-state index contributed by atoms with van der Waals surface area (Å²) < 4.78 is 11.2. The third-order valence-corrected chi connectivity index (χ3v) is 7.14. The Labute approximate surface area is 207 Å². The predicted molar refractivity (Wildman–Crippen MR) is 134 cm³/mol. The summed E-state index contributed by atoms with van der Waals surface area (Å²) in [6, 6.07) is 17.3. The molecule has 2 aromatic carbocycles. The molecule has 0 N–H and O–H groups in total. The highest BCUT2D eigenvalue weighted by atomic mass is 16.5. The van der Waals surface area contributed by atoms with Gasteiger partial charge in [0, 0.05) is 38.5 Å². The molecule has 5 rings (SSSR count). The van der Waals surface area contributed by atoms with Gasteiger partial charge >= 0.3 is 6.03 Å². The highest BCUT2D eigenvalue weighted by Crippen LogP contribution is 2.36. The average molecular weight is 475 g/mol. The summed E-state index contributed by atoms with van der Waals surface area (Å²) in [5.41, 5.74) is 4.96. The van der Waals surface area contributed by atoms with Crippen LogP contribution in [0.25, 0.3) is 0 Å². The van der Waals surface area contributed by atoms with Gasteiger partial charge in [-0.05, 0) is 36.5 Å². The van der Waals surface area contributed by atoms with Gasteiger partial charge in [-0.3, -0.25) is 0 Å². The third kappa shape index (κ3) is 5.56. The Morgan fingerprint density at radius 1 is 1.00 bits per heavy atom. The van der Waals surface area contributed by atoms with Crippen molar-refractivity contribution >= 4 is 6.03 Å². The van der Waals surface area contributed by atoms with Crippen molar-refractivity contribution in [3.63, 3.8) is 0 Å². The lowest BCUT2D eigenvalue weighted by Crippen LogP contribution is -2.52. The molecule has 184 valence electrons. The zero-order valence-corrected chi connectivity index (χ0v) is 20.7. The van der Waals surface area contributed by atoms with Gasteiger partial charge in [0.1, 0.15) is 0 Å². The van der Waals surface area contributed by atoms with E-state index in [1.54, 1.807) is 0 Å². The molecule has 0 radical (unpaired) electrons. The van der Waals surface area contributed by atoms with Crippen molar-refractivity contribution in [2.75, 3.05) is 39.4 Å². The second kappa shape index (κ2) is 10.6. The smallest absolute Gasteiger partial charge is 0.320 e. The summed E-state index contributed by atoms with van der Waals surface area (Å²) in [7, 11) is 0. The van der Waals surface area contributed by atoms with Gasteiger partial charge in [0.15, 0.2) is 5.82 Å². The molecule has 1 aromatic heterocycles. The summed E-state index contributed by atoms with van der Waals surface area (Å²) >= 11 is 0. The number of hydrogen-bond donors (Lipinski definition) is 0. The van der Waals surface area contributed by atoms with Crippen LogP contribution in [-0.4, -0.2) is 65.4 Å². The molecule has 35 heavy (non-hydrogen) atoms. The summed E-state index contributed by atoms with van der Waals surface area (Å²) in [5.74, 6) is 1.54. The number of likely N-dealkylation sites (tertiary alicyclic amines) is 1. The highest BCUT2D eigenvalue weighted by molar-refractivity contribution is 5.75. The molecule has 0 spiro atoms. The second-order valence-electron chi connectivity index (χ2n) is 9.73. The quantitative estimate of drug-likeness (QED) is 0.542. The van der Waals surface area contributed by atoms with Crippen molar-refractivity contribution in [1.82, 2.24) is 19.9 Å². The number of carbonyl (C=O) groups is 1. The topological polar surface area (TPSA) is 71.7 Å². The lowest BCUT2D eigenvalue weighted by Gasteiger charge is -2.40. The van der Waals surface area contributed by atoms with Crippen LogP contribution in [0.15, 0.2) is 53.1 Å². The van der Waals surface area contributed by atoms with Crippen LogP contribution in [0.1, 0.15) is 59.1 Å². The van der Waals surface area contributed by atoms with E-state index in [1.807, 2.05) is 9.80 Å². The fourth-order valence-electron chi connectivity index (χ4n) is 5.17. The van der Waals surface area contributed by atoms with E-state index in [-0.39, 0.29) is 17.9 Å². The SMILES string of the molecule is CCc1ccc(C2CC(c3nc(Cc4cccc(C)c4)no3)CN(C(=O)N3CCOCC3)C2)cc1. The van der Waals surface area contributed by atoms with Crippen molar-refractivity contribution in [1.29, 1.82) is 0 Å². The molecule has 2 atom stereocenters. The van der Waals surface area contributed by atoms with Crippen LogP contribution < -0.4 is 0 Å². The number of rotatable bonds is 5. The van der Waals surface area contributed by atoms with E-state index in [9.17, 15) is 4.79 Å². The predicted octanol–water partition coefficient (Wildman–Crippen LogP) is 4.56. The Morgan fingerprint density at radius 2 is 1.77 bits per heavy atom. The molecule has 2 unspecified atom stereocenters. The maximum absolute atomic E-state index is 13.4. The van der Waals surface area contributed by atoms with E-state index in [0.717, 1.165) is 12.8 Å². The van der Waals surface area contributed by atoms with Crippen molar-refractivity contribution in [3.05, 3.63) is 82.5 Å². The first-order valence-corrected chi connectivity index (χ1v) is 12.7. The monoisotopic (exact) mass is 474 g/mol. The van der Waals surface area contributed by atoms with Gasteiger partial charge in [0.05, 0.1) is 19.1 Å². The molecule has 2 saturated heterocycles. The molecule has 7 heteroatoms. The lowest BCUT2D eigenvalue weighted by atomic mass is 9.84. The number of benzene rings is 2. The van der Waals surface area contributed by atoms with Gasteiger partial charge in [-0.25, -0.2) is 4.79 Å². The van der Waals surface area contributed by atoms with E-state index in [1.165, 1.54) is 22.3 Å². The van der Waals surface area contributed by atoms with Crippen molar-refractivity contribution < 1.29 is 14.1 Å². The molecule has 7 nitrogen and oxygen atoms in total. The molecule has 2 aliphatic heterocycles. The van der Waals surface area contributed by atoms with E-state index >= 15 is 0 Å². The number of urea groups is 1. The fourth-order valence-corrected chi connectivity index (χ4v) is 5.17. The van der Waals surface area contributed by atoms with Crippen molar-refractivity contribution in [2.45, 2.75) is 44.9 Å². The van der Waals surface area contributed by atoms with Gasteiger partial charge in [0.25, 0.3) is 0 Å². The van der Waals surface area contributed by atoms with Crippen LogP contribution in [0.3, 0.4) is 0 Å². The number of amides is 2. The van der Waals surface area contributed by atoms with E-state index < -0.39 is 0 Å². The Morgan fingerprint density at radius 3 is 2.51 bits per heavy atom. The first kappa shape index (κ1) is 23.5. The summed E-state index contributed by atoms with van der Waals surface area (Å²) in [5, 5.41) is 4.28. The lowest BCUT2D eigenvalue weighted by molar-refractivity contribution is 0.0392. The normalized spacial score (nSPS) is 20.7. The summed E-state index contributed by atoms with van der Waals surface area (Å²) in [4.78, 5) is 22.1. The molecule has 0 aliphatic carbocycles. The maximum Gasteiger partial charge on any atom is 0.320 e. The number of morpholine rings is 1. The zero-order valence-electron chi connectivity index (χ0n) is 20.7. The van der Waals surface area contributed by atoms with Gasteiger partial charge in [0.2, 0.25) is 5.89 Å². The van der Waals surface area contributed by atoms with E-state index in [0.29, 0.717) is 57.5 Å². The Kier molecular flexibility index (Phi) is 7.13. The molecule has 2 aliphatic rings. The largest absolute Gasteiger partial charge is 0.378 e. The minimum atomic E-state index is 0.00310. The van der Waals surface area contributed by atoms with Crippen LogP contribution in [0.4, 0.5) is 4.79 Å². The number of piperidine rings is 1. The molecular weight excluding hydrogens is 440 g/mol.